The number of nitrogens with zero attached hydrogens (tertiary/aromatic N) is 1. The van der Waals surface area contributed by atoms with Crippen molar-refractivity contribution in [3.05, 3.63) is 78.0 Å². The summed E-state index contributed by atoms with van der Waals surface area (Å²) in [6, 6.07) is 19.6. The zero-order valence-electron chi connectivity index (χ0n) is 16.6. The Hall–Kier alpha value is -3.11. The quantitative estimate of drug-likeness (QED) is 0.334. The van der Waals surface area contributed by atoms with E-state index in [1.54, 1.807) is 7.11 Å². The molecule has 0 aliphatic carbocycles. The van der Waals surface area contributed by atoms with Crippen LogP contribution in [0.2, 0.25) is 0 Å². The van der Waals surface area contributed by atoms with Crippen molar-refractivity contribution in [3.63, 3.8) is 0 Å². The lowest BCUT2D eigenvalue weighted by molar-refractivity contribution is 0.104. The zero-order chi connectivity index (χ0) is 20.2. The van der Waals surface area contributed by atoms with Crippen LogP contribution in [0.5, 0.6) is 5.75 Å². The molecule has 1 heterocycles. The highest BCUT2D eigenvalue weighted by Crippen LogP contribution is 2.31. The van der Waals surface area contributed by atoms with Crippen molar-refractivity contribution in [2.75, 3.05) is 13.7 Å². The molecule has 0 aliphatic rings. The second kappa shape index (κ2) is 8.50. The van der Waals surface area contributed by atoms with Gasteiger partial charge in [0.25, 0.3) is 0 Å². The topological polar surface area (TPSA) is 51.5 Å². The van der Waals surface area contributed by atoms with Crippen molar-refractivity contribution in [2.45, 2.75) is 25.8 Å². The number of carbonyl (C=O) groups excluding carboxylic acids is 1. The van der Waals surface area contributed by atoms with Crippen LogP contribution in [0.15, 0.2) is 66.9 Å². The van der Waals surface area contributed by atoms with Crippen LogP contribution in [0.25, 0.3) is 21.7 Å². The van der Waals surface area contributed by atoms with Crippen LogP contribution in [-0.2, 0) is 6.54 Å². The Bertz CT molecular complexity index is 1160. The summed E-state index contributed by atoms with van der Waals surface area (Å²) in [6.07, 6.45) is 4.72. The average Bonchev–Trinajstić information content (AvgIpc) is 3.14. The molecule has 4 nitrogen and oxygen atoms in total. The molecule has 1 aromatic heterocycles. The molecule has 0 aliphatic heterocycles. The highest BCUT2D eigenvalue weighted by Gasteiger charge is 2.19. The molecule has 3 aromatic carbocycles. The van der Waals surface area contributed by atoms with Gasteiger partial charge < -0.3 is 14.4 Å². The van der Waals surface area contributed by atoms with Gasteiger partial charge in [-0.25, -0.2) is 0 Å². The fourth-order valence-corrected chi connectivity index (χ4v) is 3.98. The first-order chi connectivity index (χ1) is 14.2. The van der Waals surface area contributed by atoms with Crippen LogP contribution in [0.1, 0.15) is 35.2 Å². The van der Waals surface area contributed by atoms with Gasteiger partial charge >= 0.3 is 0 Å². The highest BCUT2D eigenvalue weighted by atomic mass is 16.5. The number of ether oxygens (including phenoxy) is 1. The third-order valence-corrected chi connectivity index (χ3v) is 5.44. The summed E-state index contributed by atoms with van der Waals surface area (Å²) in [4.78, 5) is 13.6. The highest BCUT2D eigenvalue weighted by molar-refractivity contribution is 6.21. The summed E-state index contributed by atoms with van der Waals surface area (Å²) in [7, 11) is 1.65. The Morgan fingerprint density at radius 3 is 2.34 bits per heavy atom. The molecule has 0 spiro atoms. The van der Waals surface area contributed by atoms with Gasteiger partial charge in [-0.3, -0.25) is 4.79 Å². The Kier molecular flexibility index (Phi) is 5.63. The smallest absolute Gasteiger partial charge is 0.195 e. The Labute approximate surface area is 170 Å². The maximum atomic E-state index is 13.6. The lowest BCUT2D eigenvalue weighted by Crippen LogP contribution is -2.03. The summed E-state index contributed by atoms with van der Waals surface area (Å²) in [5.41, 5.74) is 2.47. The van der Waals surface area contributed by atoms with Gasteiger partial charge in [-0.15, -0.1) is 0 Å². The molecule has 1 N–H and O–H groups in total. The van der Waals surface area contributed by atoms with Gasteiger partial charge in [-0.05, 0) is 42.8 Å². The van der Waals surface area contributed by atoms with E-state index in [2.05, 4.69) is 10.6 Å². The molecule has 0 radical (unpaired) electrons. The van der Waals surface area contributed by atoms with Crippen LogP contribution >= 0.6 is 0 Å². The van der Waals surface area contributed by atoms with Gasteiger partial charge in [0.1, 0.15) is 5.75 Å². The predicted octanol–water partition coefficient (Wildman–Crippen LogP) is 5.20. The third-order valence-electron chi connectivity index (χ3n) is 5.44. The number of methoxy groups -OCH3 is 1. The SMILES string of the molecule is COc1ccc(C(=O)c2cn(CCCCCO)c3ccccc23)c2ccccc12. The molecule has 0 bridgehead atoms. The number of aliphatic hydroxyl groups is 1. The van der Waals surface area contributed by atoms with Crippen molar-refractivity contribution in [3.8, 4) is 5.75 Å². The summed E-state index contributed by atoms with van der Waals surface area (Å²) < 4.78 is 7.63. The molecule has 0 atom stereocenters. The number of rotatable bonds is 8. The number of para-hydroxylation sites is 1. The molecule has 148 valence electrons. The van der Waals surface area contributed by atoms with Crippen LogP contribution in [0.3, 0.4) is 0 Å². The summed E-state index contributed by atoms with van der Waals surface area (Å²) in [5, 5.41) is 11.8. The summed E-state index contributed by atoms with van der Waals surface area (Å²) >= 11 is 0. The average molecular weight is 387 g/mol. The van der Waals surface area contributed by atoms with E-state index >= 15 is 0 Å². The normalized spacial score (nSPS) is 11.2. The molecule has 0 saturated carbocycles. The number of hydrogen-bond acceptors (Lipinski definition) is 3. The van der Waals surface area contributed by atoms with E-state index in [4.69, 9.17) is 9.84 Å². The first-order valence-corrected chi connectivity index (χ1v) is 10.0. The molecule has 0 unspecified atom stereocenters. The van der Waals surface area contributed by atoms with E-state index in [0.717, 1.165) is 58.8 Å². The van der Waals surface area contributed by atoms with Gasteiger partial charge in [0.15, 0.2) is 5.78 Å². The largest absolute Gasteiger partial charge is 0.496 e. The van der Waals surface area contributed by atoms with Crippen molar-refractivity contribution in [1.29, 1.82) is 0 Å². The second-order valence-corrected chi connectivity index (χ2v) is 7.23. The van der Waals surface area contributed by atoms with Gasteiger partial charge in [0.05, 0.1) is 7.11 Å². The van der Waals surface area contributed by atoms with Crippen molar-refractivity contribution in [1.82, 2.24) is 4.57 Å². The van der Waals surface area contributed by atoms with Gasteiger partial charge in [-0.1, -0.05) is 42.5 Å². The molecule has 0 amide bonds. The molecular formula is C25H25NO3. The number of carbonyl (C=O) groups is 1. The van der Waals surface area contributed by atoms with Crippen molar-refractivity contribution >= 4 is 27.5 Å². The summed E-state index contributed by atoms with van der Waals surface area (Å²) in [6.45, 7) is 1.05. The number of unbranched alkanes of at least 4 members (excludes halogenated alkanes) is 2. The van der Waals surface area contributed by atoms with E-state index in [1.165, 1.54) is 0 Å². The predicted molar refractivity (Wildman–Crippen MR) is 117 cm³/mol. The number of hydrogen-bond donors (Lipinski definition) is 1. The number of ketones is 1. The van der Waals surface area contributed by atoms with Gasteiger partial charge in [0.2, 0.25) is 0 Å². The first-order valence-electron chi connectivity index (χ1n) is 10.0. The lowest BCUT2D eigenvalue weighted by Gasteiger charge is -2.09. The molecule has 29 heavy (non-hydrogen) atoms. The minimum atomic E-state index is 0.0224. The van der Waals surface area contributed by atoms with E-state index < -0.39 is 0 Å². The fraction of sp³-hybridized carbons (Fsp3) is 0.240. The number of fused-ring (bicyclic) bond motifs is 2. The maximum absolute atomic E-state index is 13.6. The van der Waals surface area contributed by atoms with E-state index in [9.17, 15) is 4.79 Å². The second-order valence-electron chi connectivity index (χ2n) is 7.23. The molecule has 4 rings (SSSR count). The van der Waals surface area contributed by atoms with Gasteiger partial charge in [0, 0.05) is 46.8 Å². The standard InChI is InChI=1S/C25H25NO3/c1-29-24-14-13-21(18-9-3-4-11-20(18)24)25(28)22-17-26(15-7-2-8-16-27)23-12-6-5-10-19(22)23/h3-6,9-14,17,27H,2,7-8,15-16H2,1H3. The van der Waals surface area contributed by atoms with Crippen LogP contribution in [-0.4, -0.2) is 29.2 Å². The number of benzene rings is 3. The third kappa shape index (κ3) is 3.64. The van der Waals surface area contributed by atoms with Crippen molar-refractivity contribution < 1.29 is 14.6 Å². The van der Waals surface area contributed by atoms with Crippen molar-refractivity contribution in [2.24, 2.45) is 0 Å². The van der Waals surface area contributed by atoms with Crippen LogP contribution in [0.4, 0.5) is 0 Å². The van der Waals surface area contributed by atoms with Gasteiger partial charge in [-0.2, -0.15) is 0 Å². The molecule has 0 saturated heterocycles. The first kappa shape index (κ1) is 19.2. The monoisotopic (exact) mass is 387 g/mol. The molecule has 4 aromatic rings. The fourth-order valence-electron chi connectivity index (χ4n) is 3.98. The number of aliphatic hydroxyl groups excluding tert-OH is 1. The minimum Gasteiger partial charge on any atom is -0.496 e. The molecule has 0 fully saturated rings. The molecule has 4 heteroatoms. The Morgan fingerprint density at radius 2 is 1.59 bits per heavy atom. The Morgan fingerprint density at radius 1 is 0.862 bits per heavy atom. The van der Waals surface area contributed by atoms with E-state index in [1.807, 2.05) is 60.8 Å². The summed E-state index contributed by atoms with van der Waals surface area (Å²) in [5.74, 6) is 0.789. The van der Waals surface area contributed by atoms with Crippen LogP contribution in [0, 0.1) is 0 Å². The lowest BCUT2D eigenvalue weighted by atomic mass is 9.96. The molecular weight excluding hydrogens is 362 g/mol. The zero-order valence-corrected chi connectivity index (χ0v) is 16.6. The number of aromatic nitrogens is 1. The maximum Gasteiger partial charge on any atom is 0.195 e. The number of aryl methyl sites for hydroxylation is 1. The van der Waals surface area contributed by atoms with E-state index in [0.29, 0.717) is 5.56 Å². The van der Waals surface area contributed by atoms with E-state index in [-0.39, 0.29) is 12.4 Å². The Balaban J connectivity index is 1.77. The van der Waals surface area contributed by atoms with Crippen LogP contribution < -0.4 is 4.74 Å². The minimum absolute atomic E-state index is 0.0224.